The molecule has 3 nitrogen and oxygen atoms in total. The lowest BCUT2D eigenvalue weighted by Gasteiger charge is -2.58. The summed E-state index contributed by atoms with van der Waals surface area (Å²) in [6.07, 6.45) is 9.58. The van der Waals surface area contributed by atoms with E-state index in [1.54, 1.807) is 0 Å². The first-order valence-electron chi connectivity index (χ1n) is 11.3. The fourth-order valence-corrected chi connectivity index (χ4v) is 8.30. The molecule has 10 atom stereocenters. The molecule has 4 fully saturated rings. The van der Waals surface area contributed by atoms with Crippen LogP contribution in [0.25, 0.3) is 0 Å². The summed E-state index contributed by atoms with van der Waals surface area (Å²) in [5.74, 6) is 4.37. The van der Waals surface area contributed by atoms with E-state index in [2.05, 4.69) is 6.92 Å². The van der Waals surface area contributed by atoms with Gasteiger partial charge in [-0.15, -0.1) is 0 Å². The van der Waals surface area contributed by atoms with Crippen molar-refractivity contribution in [3.05, 3.63) is 0 Å². The number of fused-ring (bicyclic) bond motifs is 5. The van der Waals surface area contributed by atoms with Gasteiger partial charge in [0.05, 0.1) is 17.8 Å². The lowest BCUT2D eigenvalue weighted by atomic mass is 9.48. The van der Waals surface area contributed by atoms with Gasteiger partial charge >= 0.3 is 0 Å². The first-order valence-corrected chi connectivity index (χ1v) is 11.3. The molecule has 2 N–H and O–H groups in total. The molecule has 150 valence electrons. The highest BCUT2D eigenvalue weighted by atomic mass is 16.5. The maximum Gasteiger partial charge on any atom is 0.0883 e. The molecule has 0 aromatic rings. The molecule has 3 heteroatoms. The summed E-state index contributed by atoms with van der Waals surface area (Å²) in [5.41, 5.74) is -0.306. The van der Waals surface area contributed by atoms with E-state index in [0.29, 0.717) is 23.9 Å². The van der Waals surface area contributed by atoms with E-state index in [1.807, 2.05) is 20.8 Å². The molecule has 0 aromatic carbocycles. The largest absolute Gasteiger partial charge is 0.393 e. The van der Waals surface area contributed by atoms with Crippen LogP contribution in [0.3, 0.4) is 0 Å². The Hall–Kier alpha value is -0.120. The van der Waals surface area contributed by atoms with Gasteiger partial charge in [-0.1, -0.05) is 6.92 Å². The number of hydrogen-bond donors (Lipinski definition) is 2. The second kappa shape index (κ2) is 6.74. The van der Waals surface area contributed by atoms with Crippen molar-refractivity contribution in [2.45, 2.75) is 96.9 Å². The zero-order chi connectivity index (χ0) is 18.7. The Morgan fingerprint density at radius 2 is 1.81 bits per heavy atom. The molecule has 4 aliphatic carbocycles. The number of hydrogen-bond acceptors (Lipinski definition) is 3. The molecular formula is C23H40O3. The summed E-state index contributed by atoms with van der Waals surface area (Å²) < 4.78 is 6.00. The normalized spacial score (nSPS) is 54.9. The molecule has 0 radical (unpaired) electrons. The van der Waals surface area contributed by atoms with Crippen molar-refractivity contribution >= 4 is 0 Å². The third kappa shape index (κ3) is 2.88. The Morgan fingerprint density at radius 1 is 1.04 bits per heavy atom. The van der Waals surface area contributed by atoms with E-state index in [1.165, 1.54) is 38.5 Å². The molecule has 0 saturated heterocycles. The van der Waals surface area contributed by atoms with Crippen LogP contribution in [0.5, 0.6) is 0 Å². The molecule has 4 aliphatic rings. The van der Waals surface area contributed by atoms with Crippen molar-refractivity contribution in [1.82, 2.24) is 0 Å². The number of aliphatic hydroxyl groups is 2. The van der Waals surface area contributed by atoms with Crippen molar-refractivity contribution in [2.24, 2.45) is 40.9 Å². The minimum absolute atomic E-state index is 0.00889. The lowest BCUT2D eigenvalue weighted by Crippen LogP contribution is -2.55. The predicted molar refractivity (Wildman–Crippen MR) is 104 cm³/mol. The van der Waals surface area contributed by atoms with Crippen molar-refractivity contribution in [2.75, 3.05) is 6.61 Å². The molecular weight excluding hydrogens is 324 g/mol. The van der Waals surface area contributed by atoms with Crippen LogP contribution in [0.15, 0.2) is 0 Å². The van der Waals surface area contributed by atoms with Crippen molar-refractivity contribution in [3.8, 4) is 0 Å². The Balaban J connectivity index is 1.55. The molecule has 0 spiro atoms. The van der Waals surface area contributed by atoms with Gasteiger partial charge in [-0.2, -0.15) is 0 Å². The molecule has 4 saturated carbocycles. The van der Waals surface area contributed by atoms with E-state index < -0.39 is 5.60 Å². The average molecular weight is 365 g/mol. The van der Waals surface area contributed by atoms with Crippen LogP contribution in [-0.2, 0) is 4.74 Å². The van der Waals surface area contributed by atoms with Gasteiger partial charge in [-0.05, 0) is 113 Å². The van der Waals surface area contributed by atoms with Crippen LogP contribution >= 0.6 is 0 Å². The van der Waals surface area contributed by atoms with Crippen molar-refractivity contribution in [1.29, 1.82) is 0 Å². The molecule has 0 heterocycles. The highest BCUT2D eigenvalue weighted by Gasteiger charge is 2.59. The van der Waals surface area contributed by atoms with E-state index in [-0.39, 0.29) is 12.2 Å². The summed E-state index contributed by atoms with van der Waals surface area (Å²) >= 11 is 0. The van der Waals surface area contributed by atoms with Gasteiger partial charge in [0.1, 0.15) is 0 Å². The first-order chi connectivity index (χ1) is 12.3. The molecule has 4 rings (SSSR count). The standard InChI is InChI=1S/C23H40O3/c1-5-26-21-12-18-15(13-23(21,4)25)6-7-17-16(18)10-11-22(3)19(14(2)24)8-9-20(17)22/h14-21,24-25H,5-13H2,1-4H3/t14?,15-,16-,17+,18-,19+,20-,21-,22+,23-/m0/s1. The fourth-order valence-electron chi connectivity index (χ4n) is 8.30. The number of ether oxygens (including phenoxy) is 1. The SMILES string of the molecule is CCO[C@H]1C[C@H]2[C@@H](CC[C@@H]3[C@@H]2CC[C@]2(C)[C@@H](C(C)O)CC[C@@H]32)C[C@]1(C)O. The third-order valence-electron chi connectivity index (χ3n) is 9.40. The third-order valence-corrected chi connectivity index (χ3v) is 9.40. The second-order valence-corrected chi connectivity index (χ2v) is 10.6. The Bertz CT molecular complexity index is 516. The summed E-state index contributed by atoms with van der Waals surface area (Å²) in [4.78, 5) is 0. The molecule has 26 heavy (non-hydrogen) atoms. The Morgan fingerprint density at radius 3 is 2.50 bits per heavy atom. The van der Waals surface area contributed by atoms with Crippen molar-refractivity contribution in [3.63, 3.8) is 0 Å². The highest BCUT2D eigenvalue weighted by molar-refractivity contribution is 5.08. The van der Waals surface area contributed by atoms with Gasteiger partial charge < -0.3 is 14.9 Å². The highest BCUT2D eigenvalue weighted by Crippen LogP contribution is 2.65. The fraction of sp³-hybridized carbons (Fsp3) is 1.00. The van der Waals surface area contributed by atoms with E-state index >= 15 is 0 Å². The van der Waals surface area contributed by atoms with E-state index in [0.717, 1.165) is 36.5 Å². The van der Waals surface area contributed by atoms with Gasteiger partial charge in [0, 0.05) is 6.61 Å². The van der Waals surface area contributed by atoms with Crippen LogP contribution in [0, 0.1) is 40.9 Å². The smallest absolute Gasteiger partial charge is 0.0883 e. The van der Waals surface area contributed by atoms with E-state index in [4.69, 9.17) is 4.74 Å². The summed E-state index contributed by atoms with van der Waals surface area (Å²) in [6, 6.07) is 0. The predicted octanol–water partition coefficient (Wildman–Crippen LogP) is 4.40. The van der Waals surface area contributed by atoms with Crippen molar-refractivity contribution < 1.29 is 14.9 Å². The Kier molecular flexibility index (Phi) is 4.98. The molecule has 0 amide bonds. The van der Waals surface area contributed by atoms with Gasteiger partial charge in [0.25, 0.3) is 0 Å². The van der Waals surface area contributed by atoms with Gasteiger partial charge in [0.2, 0.25) is 0 Å². The lowest BCUT2D eigenvalue weighted by molar-refractivity contribution is -0.172. The van der Waals surface area contributed by atoms with Crippen LogP contribution in [0.4, 0.5) is 0 Å². The quantitative estimate of drug-likeness (QED) is 0.780. The molecule has 0 aliphatic heterocycles. The number of aliphatic hydroxyl groups excluding tert-OH is 1. The summed E-state index contributed by atoms with van der Waals surface area (Å²) in [7, 11) is 0. The monoisotopic (exact) mass is 364 g/mol. The first kappa shape index (κ1) is 19.2. The van der Waals surface area contributed by atoms with E-state index in [9.17, 15) is 10.2 Å². The zero-order valence-corrected chi connectivity index (χ0v) is 17.3. The Labute approximate surface area is 159 Å². The molecule has 1 unspecified atom stereocenters. The minimum atomic E-state index is -0.655. The average Bonchev–Trinajstić information content (AvgIpc) is 2.92. The second-order valence-electron chi connectivity index (χ2n) is 10.6. The van der Waals surface area contributed by atoms with Gasteiger partial charge in [0.15, 0.2) is 0 Å². The maximum absolute atomic E-state index is 10.9. The van der Waals surface area contributed by atoms with Crippen LogP contribution in [0.2, 0.25) is 0 Å². The molecule has 0 bridgehead atoms. The summed E-state index contributed by atoms with van der Waals surface area (Å²) in [5, 5.41) is 21.3. The summed E-state index contributed by atoms with van der Waals surface area (Å²) in [6.45, 7) is 9.24. The maximum atomic E-state index is 10.9. The van der Waals surface area contributed by atoms with Crippen LogP contribution < -0.4 is 0 Å². The van der Waals surface area contributed by atoms with Crippen LogP contribution in [0.1, 0.15) is 79.1 Å². The minimum Gasteiger partial charge on any atom is -0.393 e. The van der Waals surface area contributed by atoms with Crippen LogP contribution in [-0.4, -0.2) is 34.6 Å². The number of rotatable bonds is 3. The van der Waals surface area contributed by atoms with Gasteiger partial charge in [-0.25, -0.2) is 0 Å². The molecule has 0 aromatic heterocycles. The zero-order valence-electron chi connectivity index (χ0n) is 17.3. The van der Waals surface area contributed by atoms with Gasteiger partial charge in [-0.3, -0.25) is 0 Å². The topological polar surface area (TPSA) is 49.7 Å².